The highest BCUT2D eigenvalue weighted by Gasteiger charge is 2.53. The zero-order valence-corrected chi connectivity index (χ0v) is 13.2. The van der Waals surface area contributed by atoms with E-state index in [1.807, 2.05) is 6.92 Å². The first-order chi connectivity index (χ1) is 9.42. The molecule has 1 fully saturated rings. The van der Waals surface area contributed by atoms with E-state index in [0.29, 0.717) is 31.0 Å². The number of rotatable bonds is 3. The molecule has 0 N–H and O–H groups in total. The van der Waals surface area contributed by atoms with Gasteiger partial charge in [0.05, 0.1) is 19.3 Å². The molecule has 0 amide bonds. The number of hydrogen-bond acceptors (Lipinski definition) is 3. The summed E-state index contributed by atoms with van der Waals surface area (Å²) in [5.41, 5.74) is 1.31. The zero-order valence-electron chi connectivity index (χ0n) is 13.2. The molecule has 0 aromatic carbocycles. The Kier molecular flexibility index (Phi) is 4.38. The molecule has 1 aliphatic heterocycles. The van der Waals surface area contributed by atoms with Crippen LogP contribution in [0.5, 0.6) is 0 Å². The molecule has 0 aromatic heterocycles. The van der Waals surface area contributed by atoms with Crippen molar-refractivity contribution in [2.75, 3.05) is 13.2 Å². The molecule has 2 rings (SSSR count). The van der Waals surface area contributed by atoms with Crippen LogP contribution >= 0.6 is 0 Å². The number of hydrogen-bond donors (Lipinski definition) is 0. The second-order valence-electron chi connectivity index (χ2n) is 6.33. The van der Waals surface area contributed by atoms with Crippen LogP contribution in [0.1, 0.15) is 34.6 Å². The fourth-order valence-corrected chi connectivity index (χ4v) is 3.91. The Morgan fingerprint density at radius 1 is 1.55 bits per heavy atom. The van der Waals surface area contributed by atoms with Crippen LogP contribution in [-0.2, 0) is 14.3 Å². The molecule has 0 radical (unpaired) electrons. The van der Waals surface area contributed by atoms with E-state index in [4.69, 9.17) is 9.47 Å². The summed E-state index contributed by atoms with van der Waals surface area (Å²) >= 11 is 0. The summed E-state index contributed by atoms with van der Waals surface area (Å²) in [5.74, 6) is 0.973. The number of allylic oxidation sites excluding steroid dienone is 2. The Balaban J connectivity index is 2.32. The van der Waals surface area contributed by atoms with Crippen LogP contribution in [-0.4, -0.2) is 25.3 Å². The van der Waals surface area contributed by atoms with Gasteiger partial charge in [-0.25, -0.2) is 0 Å². The number of carbonyl (C=O) groups is 1. The SMILES string of the molecule is C/C=C/[C@@H]1OC[C@@]2(COC(C)=O)[C@@H](C)C=C(C)[C@H]1[C@@H]2C. The van der Waals surface area contributed by atoms with Crippen molar-refractivity contribution in [1.29, 1.82) is 0 Å². The van der Waals surface area contributed by atoms with Crippen molar-refractivity contribution < 1.29 is 14.3 Å². The Labute approximate surface area is 122 Å². The summed E-state index contributed by atoms with van der Waals surface area (Å²) in [5, 5.41) is 0. The molecule has 3 heteroatoms. The molecule has 2 bridgehead atoms. The molecule has 2 aliphatic rings. The van der Waals surface area contributed by atoms with Gasteiger partial charge < -0.3 is 9.47 Å². The second-order valence-corrected chi connectivity index (χ2v) is 6.33. The summed E-state index contributed by atoms with van der Waals surface area (Å²) < 4.78 is 11.5. The van der Waals surface area contributed by atoms with Crippen molar-refractivity contribution in [1.82, 2.24) is 0 Å². The minimum absolute atomic E-state index is 0.0894. The van der Waals surface area contributed by atoms with Gasteiger partial charge in [-0.1, -0.05) is 37.6 Å². The lowest BCUT2D eigenvalue weighted by Gasteiger charge is -2.54. The summed E-state index contributed by atoms with van der Waals surface area (Å²) in [4.78, 5) is 11.2. The Morgan fingerprint density at radius 2 is 2.25 bits per heavy atom. The minimum Gasteiger partial charge on any atom is -0.465 e. The molecular formula is C17H26O3. The van der Waals surface area contributed by atoms with Gasteiger partial charge in [-0.3, -0.25) is 4.79 Å². The third-order valence-corrected chi connectivity index (χ3v) is 5.22. The Hall–Kier alpha value is -1.09. The Bertz CT molecular complexity index is 438. The van der Waals surface area contributed by atoms with Crippen LogP contribution in [0.3, 0.4) is 0 Å². The third-order valence-electron chi connectivity index (χ3n) is 5.22. The van der Waals surface area contributed by atoms with E-state index >= 15 is 0 Å². The lowest BCUT2D eigenvalue weighted by molar-refractivity contribution is -0.171. The van der Waals surface area contributed by atoms with Crippen molar-refractivity contribution in [3.63, 3.8) is 0 Å². The van der Waals surface area contributed by atoms with Crippen molar-refractivity contribution in [2.45, 2.75) is 40.7 Å². The topological polar surface area (TPSA) is 35.5 Å². The molecule has 5 atom stereocenters. The van der Waals surface area contributed by atoms with Crippen LogP contribution in [0.4, 0.5) is 0 Å². The first-order valence-electron chi connectivity index (χ1n) is 7.48. The molecule has 3 nitrogen and oxygen atoms in total. The fourth-order valence-electron chi connectivity index (χ4n) is 3.91. The fraction of sp³-hybridized carbons (Fsp3) is 0.706. The van der Waals surface area contributed by atoms with Crippen LogP contribution in [0.2, 0.25) is 0 Å². The Morgan fingerprint density at radius 3 is 2.85 bits per heavy atom. The molecule has 0 spiro atoms. The minimum atomic E-state index is -0.211. The lowest BCUT2D eigenvalue weighted by atomic mass is 9.56. The van der Waals surface area contributed by atoms with Gasteiger partial charge in [0.2, 0.25) is 0 Å². The summed E-state index contributed by atoms with van der Waals surface area (Å²) in [7, 11) is 0. The summed E-state index contributed by atoms with van der Waals surface area (Å²) in [6, 6.07) is 0. The highest BCUT2D eigenvalue weighted by Crippen LogP contribution is 2.52. The van der Waals surface area contributed by atoms with Gasteiger partial charge in [-0.15, -0.1) is 0 Å². The van der Waals surface area contributed by atoms with Crippen LogP contribution < -0.4 is 0 Å². The second kappa shape index (κ2) is 5.72. The van der Waals surface area contributed by atoms with E-state index in [9.17, 15) is 4.79 Å². The molecule has 1 heterocycles. The van der Waals surface area contributed by atoms with E-state index in [0.717, 1.165) is 0 Å². The van der Waals surface area contributed by atoms with Crippen molar-refractivity contribution >= 4 is 5.97 Å². The van der Waals surface area contributed by atoms with Gasteiger partial charge in [0.15, 0.2) is 0 Å². The van der Waals surface area contributed by atoms with E-state index in [1.54, 1.807) is 0 Å². The molecule has 0 saturated carbocycles. The van der Waals surface area contributed by atoms with Gasteiger partial charge in [-0.05, 0) is 25.7 Å². The third kappa shape index (κ3) is 2.44. The number of ether oxygens (including phenoxy) is 2. The number of carbonyl (C=O) groups excluding carboxylic acids is 1. The van der Waals surface area contributed by atoms with E-state index in [-0.39, 0.29) is 17.5 Å². The van der Waals surface area contributed by atoms with Gasteiger partial charge in [0.1, 0.15) is 0 Å². The summed E-state index contributed by atoms with van der Waals surface area (Å²) in [6.07, 6.45) is 6.68. The summed E-state index contributed by atoms with van der Waals surface area (Å²) in [6.45, 7) is 11.3. The van der Waals surface area contributed by atoms with Gasteiger partial charge >= 0.3 is 5.97 Å². The van der Waals surface area contributed by atoms with Crippen LogP contribution in [0.15, 0.2) is 23.8 Å². The maximum absolute atomic E-state index is 11.2. The number of esters is 1. The van der Waals surface area contributed by atoms with Gasteiger partial charge in [-0.2, -0.15) is 0 Å². The number of fused-ring (bicyclic) bond motifs is 2. The van der Waals surface area contributed by atoms with Crippen LogP contribution in [0.25, 0.3) is 0 Å². The molecule has 112 valence electrons. The lowest BCUT2D eigenvalue weighted by Crippen LogP contribution is -2.56. The van der Waals surface area contributed by atoms with Gasteiger partial charge in [0, 0.05) is 18.3 Å². The molecular weight excluding hydrogens is 252 g/mol. The molecule has 1 saturated heterocycles. The maximum atomic E-state index is 11.2. The predicted molar refractivity (Wildman–Crippen MR) is 79.2 cm³/mol. The van der Waals surface area contributed by atoms with Crippen molar-refractivity contribution in [2.24, 2.45) is 23.2 Å². The van der Waals surface area contributed by atoms with Crippen molar-refractivity contribution in [3.05, 3.63) is 23.8 Å². The largest absolute Gasteiger partial charge is 0.465 e. The zero-order chi connectivity index (χ0) is 14.9. The van der Waals surface area contributed by atoms with E-state index in [1.165, 1.54) is 12.5 Å². The normalized spacial score (nSPS) is 40.5. The quantitative estimate of drug-likeness (QED) is 0.586. The standard InChI is InChI=1S/C17H26O3/c1-6-7-15-16-11(2)8-12(3)17(10-20-15,13(16)4)9-19-14(5)18/h6-8,12-13,15-16H,9-10H2,1-5H3/b7-6+/t12-,13-,15-,16-,17-/m0/s1. The van der Waals surface area contributed by atoms with E-state index < -0.39 is 0 Å². The molecule has 0 aromatic rings. The van der Waals surface area contributed by atoms with Gasteiger partial charge in [0.25, 0.3) is 0 Å². The predicted octanol–water partition coefficient (Wildman–Crippen LogP) is 3.36. The monoisotopic (exact) mass is 278 g/mol. The van der Waals surface area contributed by atoms with Crippen LogP contribution in [0, 0.1) is 23.2 Å². The maximum Gasteiger partial charge on any atom is 0.302 e. The molecule has 1 aliphatic carbocycles. The molecule has 0 unspecified atom stereocenters. The average Bonchev–Trinajstić information content (AvgIpc) is 2.36. The molecule has 20 heavy (non-hydrogen) atoms. The van der Waals surface area contributed by atoms with Crippen molar-refractivity contribution in [3.8, 4) is 0 Å². The highest BCUT2D eigenvalue weighted by molar-refractivity contribution is 5.65. The average molecular weight is 278 g/mol. The highest BCUT2D eigenvalue weighted by atomic mass is 16.5. The smallest absolute Gasteiger partial charge is 0.302 e. The first kappa shape index (κ1) is 15.3. The first-order valence-corrected chi connectivity index (χ1v) is 7.48. The van der Waals surface area contributed by atoms with E-state index in [2.05, 4.69) is 39.0 Å².